The summed E-state index contributed by atoms with van der Waals surface area (Å²) in [5.74, 6) is 1.95. The van der Waals surface area contributed by atoms with Crippen LogP contribution >= 0.6 is 0 Å². The Labute approximate surface area is 87.1 Å². The average molecular weight is 188 g/mol. The van der Waals surface area contributed by atoms with Crippen LogP contribution in [0.2, 0.25) is 0 Å². The summed E-state index contributed by atoms with van der Waals surface area (Å²) >= 11 is 0. The highest BCUT2D eigenvalue weighted by Gasteiger charge is 2.96. The molecule has 76 valence electrons. The molecule has 14 heavy (non-hydrogen) atoms. The Bertz CT molecular complexity index is 329. The van der Waals surface area contributed by atoms with Crippen LogP contribution in [0, 0.1) is 22.7 Å². The van der Waals surface area contributed by atoms with Gasteiger partial charge in [-0.2, -0.15) is 0 Å². The zero-order chi connectivity index (χ0) is 10.1. The number of rotatable bonds is 2. The predicted octanol–water partition coefficient (Wildman–Crippen LogP) is 3.95. The standard InChI is InChI=1S/C14H20/c1-9(2)8-13-11-6-5-7-12(13)14(11,13)10(3)4/h8,11-12H,3,5-7H2,1-2,4H3. The molecule has 0 aromatic carbocycles. The summed E-state index contributed by atoms with van der Waals surface area (Å²) < 4.78 is 0. The fourth-order valence-electron chi connectivity index (χ4n) is 4.87. The van der Waals surface area contributed by atoms with Gasteiger partial charge in [-0.05, 0) is 45.4 Å². The van der Waals surface area contributed by atoms with Gasteiger partial charge in [0.2, 0.25) is 0 Å². The van der Waals surface area contributed by atoms with E-state index in [1.54, 1.807) is 0 Å². The molecule has 0 nitrogen and oxygen atoms in total. The van der Waals surface area contributed by atoms with Gasteiger partial charge in [-0.1, -0.05) is 30.2 Å². The second-order valence-corrected chi connectivity index (χ2v) is 5.84. The van der Waals surface area contributed by atoms with Crippen LogP contribution in [0.5, 0.6) is 0 Å². The van der Waals surface area contributed by atoms with Crippen molar-refractivity contribution in [3.8, 4) is 0 Å². The van der Waals surface area contributed by atoms with E-state index < -0.39 is 0 Å². The Morgan fingerprint density at radius 2 is 1.79 bits per heavy atom. The zero-order valence-corrected chi connectivity index (χ0v) is 9.56. The van der Waals surface area contributed by atoms with Crippen molar-refractivity contribution in [3.05, 3.63) is 23.8 Å². The molecule has 0 radical (unpaired) electrons. The van der Waals surface area contributed by atoms with Gasteiger partial charge in [0.15, 0.2) is 0 Å². The first-order valence-corrected chi connectivity index (χ1v) is 5.90. The first kappa shape index (κ1) is 8.76. The molecule has 0 aromatic heterocycles. The van der Waals surface area contributed by atoms with E-state index in [-0.39, 0.29) is 0 Å². The van der Waals surface area contributed by atoms with Crippen molar-refractivity contribution in [3.63, 3.8) is 0 Å². The lowest BCUT2D eigenvalue weighted by molar-refractivity contribution is 0.267. The van der Waals surface area contributed by atoms with Crippen LogP contribution < -0.4 is 0 Å². The first-order valence-electron chi connectivity index (χ1n) is 5.90. The largest absolute Gasteiger partial charge is 0.0995 e. The maximum absolute atomic E-state index is 4.24. The molecule has 0 N–H and O–H groups in total. The van der Waals surface area contributed by atoms with Crippen LogP contribution in [0.3, 0.4) is 0 Å². The van der Waals surface area contributed by atoms with Crippen LogP contribution in [-0.2, 0) is 0 Å². The van der Waals surface area contributed by atoms with Crippen molar-refractivity contribution in [1.82, 2.24) is 0 Å². The van der Waals surface area contributed by atoms with E-state index in [2.05, 4.69) is 33.4 Å². The summed E-state index contributed by atoms with van der Waals surface area (Å²) in [7, 11) is 0. The van der Waals surface area contributed by atoms with Gasteiger partial charge in [-0.3, -0.25) is 0 Å². The smallest absolute Gasteiger partial charge is 0.00772 e. The molecule has 2 atom stereocenters. The molecular formula is C14H20. The molecule has 0 heteroatoms. The summed E-state index contributed by atoms with van der Waals surface area (Å²) in [4.78, 5) is 0. The molecule has 3 saturated carbocycles. The third-order valence-electron chi connectivity index (χ3n) is 5.02. The molecule has 3 aliphatic carbocycles. The number of hydrogen-bond donors (Lipinski definition) is 0. The van der Waals surface area contributed by atoms with E-state index >= 15 is 0 Å². The van der Waals surface area contributed by atoms with E-state index in [1.807, 2.05) is 0 Å². The molecule has 0 aromatic rings. The lowest BCUT2D eigenvalue weighted by atomic mass is 9.77. The van der Waals surface area contributed by atoms with E-state index in [0.717, 1.165) is 11.8 Å². The van der Waals surface area contributed by atoms with Crippen molar-refractivity contribution < 1.29 is 0 Å². The van der Waals surface area contributed by atoms with Gasteiger partial charge in [0.05, 0.1) is 0 Å². The van der Waals surface area contributed by atoms with E-state index in [0.29, 0.717) is 10.8 Å². The second-order valence-electron chi connectivity index (χ2n) is 5.84. The van der Waals surface area contributed by atoms with E-state index in [1.165, 1.54) is 30.4 Å². The Morgan fingerprint density at radius 3 is 2.14 bits per heavy atom. The Balaban J connectivity index is 1.99. The van der Waals surface area contributed by atoms with Crippen molar-refractivity contribution in [2.24, 2.45) is 22.7 Å². The maximum Gasteiger partial charge on any atom is 0.00772 e. The highest BCUT2D eigenvalue weighted by molar-refractivity contribution is 5.56. The fraction of sp³-hybridized carbons (Fsp3) is 0.714. The van der Waals surface area contributed by atoms with Crippen LogP contribution in [0.15, 0.2) is 23.8 Å². The first-order chi connectivity index (χ1) is 6.58. The van der Waals surface area contributed by atoms with Crippen molar-refractivity contribution in [1.29, 1.82) is 0 Å². The minimum Gasteiger partial charge on any atom is -0.0995 e. The molecule has 3 aliphatic rings. The van der Waals surface area contributed by atoms with E-state index in [4.69, 9.17) is 0 Å². The Morgan fingerprint density at radius 1 is 1.21 bits per heavy atom. The molecule has 3 fully saturated rings. The van der Waals surface area contributed by atoms with Gasteiger partial charge in [0.25, 0.3) is 0 Å². The molecule has 0 aliphatic heterocycles. The summed E-state index contributed by atoms with van der Waals surface area (Å²) in [6.07, 6.45) is 6.93. The highest BCUT2D eigenvalue weighted by Crippen LogP contribution is 3.00. The molecule has 0 bridgehead atoms. The van der Waals surface area contributed by atoms with Crippen LogP contribution in [0.1, 0.15) is 40.0 Å². The molecule has 0 amide bonds. The van der Waals surface area contributed by atoms with Gasteiger partial charge in [0, 0.05) is 10.8 Å². The molecule has 0 heterocycles. The minimum absolute atomic E-state index is 0.586. The lowest BCUT2D eigenvalue weighted by Gasteiger charge is -2.27. The molecule has 0 spiro atoms. The maximum atomic E-state index is 4.24. The zero-order valence-electron chi connectivity index (χ0n) is 9.56. The SMILES string of the molecule is C=C(C)C12C3CCCC1C32C=C(C)C. The van der Waals surface area contributed by atoms with Crippen molar-refractivity contribution >= 4 is 0 Å². The van der Waals surface area contributed by atoms with Crippen LogP contribution in [0.4, 0.5) is 0 Å². The van der Waals surface area contributed by atoms with Crippen molar-refractivity contribution in [2.45, 2.75) is 40.0 Å². The quantitative estimate of drug-likeness (QED) is 0.576. The Hall–Kier alpha value is -0.520. The average Bonchev–Trinajstić information content (AvgIpc) is 2.90. The Kier molecular flexibility index (Phi) is 1.36. The minimum atomic E-state index is 0.586. The van der Waals surface area contributed by atoms with Gasteiger partial charge >= 0.3 is 0 Å². The second kappa shape index (κ2) is 2.18. The van der Waals surface area contributed by atoms with Gasteiger partial charge in [-0.25, -0.2) is 0 Å². The predicted molar refractivity (Wildman–Crippen MR) is 59.9 cm³/mol. The summed E-state index contributed by atoms with van der Waals surface area (Å²) in [5.41, 5.74) is 4.16. The molecule has 2 unspecified atom stereocenters. The highest BCUT2D eigenvalue weighted by atomic mass is 15.0. The van der Waals surface area contributed by atoms with Crippen LogP contribution in [-0.4, -0.2) is 0 Å². The topological polar surface area (TPSA) is 0 Å². The summed E-state index contributed by atoms with van der Waals surface area (Å²) in [6.45, 7) is 11.0. The molecule has 0 saturated heterocycles. The van der Waals surface area contributed by atoms with Crippen LogP contribution in [0.25, 0.3) is 0 Å². The number of allylic oxidation sites excluding steroid dienone is 3. The van der Waals surface area contributed by atoms with Gasteiger partial charge < -0.3 is 0 Å². The third-order valence-corrected chi connectivity index (χ3v) is 5.02. The number of hydrogen-bond acceptors (Lipinski definition) is 0. The number of fused-ring (bicyclic) bond motifs is 2. The van der Waals surface area contributed by atoms with E-state index in [9.17, 15) is 0 Å². The van der Waals surface area contributed by atoms with Crippen molar-refractivity contribution in [2.75, 3.05) is 0 Å². The fourth-order valence-corrected chi connectivity index (χ4v) is 4.87. The summed E-state index contributed by atoms with van der Waals surface area (Å²) in [6, 6.07) is 0. The third kappa shape index (κ3) is 0.610. The van der Waals surface area contributed by atoms with Gasteiger partial charge in [-0.15, -0.1) is 0 Å². The lowest BCUT2D eigenvalue weighted by Crippen LogP contribution is -2.19. The summed E-state index contributed by atoms with van der Waals surface area (Å²) in [5, 5.41) is 0. The van der Waals surface area contributed by atoms with Gasteiger partial charge in [0.1, 0.15) is 0 Å². The normalized spacial score (nSPS) is 51.9. The molecular weight excluding hydrogens is 168 g/mol. The monoisotopic (exact) mass is 188 g/mol. The molecule has 3 rings (SSSR count).